The van der Waals surface area contributed by atoms with E-state index in [1.165, 1.54) is 32.1 Å². The molecule has 1 saturated heterocycles. The first-order chi connectivity index (χ1) is 14.5. The van der Waals surface area contributed by atoms with Crippen molar-refractivity contribution < 1.29 is 14.6 Å². The fourth-order valence-electron chi connectivity index (χ4n) is 5.27. The number of carbonyl (C=O) groups excluding carboxylic acids is 1. The maximum absolute atomic E-state index is 12.3. The first kappa shape index (κ1) is 25.1. The van der Waals surface area contributed by atoms with Crippen LogP contribution in [0.2, 0.25) is 0 Å². The summed E-state index contributed by atoms with van der Waals surface area (Å²) in [7, 11) is 0. The number of rotatable bonds is 12. The third-order valence-electron chi connectivity index (χ3n) is 6.94. The summed E-state index contributed by atoms with van der Waals surface area (Å²) in [6.45, 7) is 6.42. The molecule has 4 nitrogen and oxygen atoms in total. The number of hydrogen-bond donors (Lipinski definition) is 2. The second-order valence-corrected chi connectivity index (χ2v) is 9.43. The van der Waals surface area contributed by atoms with Gasteiger partial charge in [-0.2, -0.15) is 0 Å². The number of esters is 1. The van der Waals surface area contributed by atoms with Crippen molar-refractivity contribution in [2.75, 3.05) is 0 Å². The van der Waals surface area contributed by atoms with Crippen LogP contribution >= 0.6 is 0 Å². The van der Waals surface area contributed by atoms with Crippen LogP contribution < -0.4 is 5.32 Å². The van der Waals surface area contributed by atoms with Gasteiger partial charge in [-0.1, -0.05) is 77.0 Å². The number of unbranched alkanes of at least 4 members (excludes halogenated alkanes) is 2. The second-order valence-electron chi connectivity index (χ2n) is 9.43. The number of aliphatic hydroxyl groups excluding tert-OH is 1. The van der Waals surface area contributed by atoms with Gasteiger partial charge in [-0.3, -0.25) is 0 Å². The zero-order valence-electron chi connectivity index (χ0n) is 19.5. The summed E-state index contributed by atoms with van der Waals surface area (Å²) in [5.74, 6) is 1.08. The van der Waals surface area contributed by atoms with Crippen LogP contribution in [0.25, 0.3) is 0 Å². The Labute approximate surface area is 184 Å². The minimum atomic E-state index is -0.231. The van der Waals surface area contributed by atoms with Crippen LogP contribution in [0.3, 0.4) is 0 Å². The van der Waals surface area contributed by atoms with Gasteiger partial charge >= 0.3 is 5.97 Å². The van der Waals surface area contributed by atoms with E-state index in [-0.39, 0.29) is 24.2 Å². The quantitative estimate of drug-likeness (QED) is 0.184. The maximum Gasteiger partial charge on any atom is 0.331 e. The average molecular weight is 420 g/mol. The Morgan fingerprint density at radius 2 is 2.00 bits per heavy atom. The molecule has 0 bridgehead atoms. The van der Waals surface area contributed by atoms with E-state index in [1.807, 2.05) is 6.08 Å². The van der Waals surface area contributed by atoms with Crippen molar-refractivity contribution in [3.63, 3.8) is 0 Å². The van der Waals surface area contributed by atoms with E-state index in [0.717, 1.165) is 44.9 Å². The molecule has 1 aliphatic carbocycles. The zero-order valence-corrected chi connectivity index (χ0v) is 19.5. The first-order valence-electron chi connectivity index (χ1n) is 12.5. The predicted octanol–water partition coefficient (Wildman–Crippen LogP) is 5.70. The molecule has 0 aromatic heterocycles. The highest BCUT2D eigenvalue weighted by molar-refractivity contribution is 5.82. The van der Waals surface area contributed by atoms with E-state index in [0.29, 0.717) is 17.9 Å². The number of fused-ring (bicyclic) bond motifs is 1. The number of ether oxygens (including phenoxy) is 1. The van der Waals surface area contributed by atoms with Gasteiger partial charge in [-0.15, -0.1) is 0 Å². The fraction of sp³-hybridized carbons (Fsp3) is 0.808. The van der Waals surface area contributed by atoms with E-state index < -0.39 is 0 Å². The molecule has 2 rings (SSSR count). The predicted molar refractivity (Wildman–Crippen MR) is 124 cm³/mol. The summed E-state index contributed by atoms with van der Waals surface area (Å²) >= 11 is 0. The molecule has 6 atom stereocenters. The van der Waals surface area contributed by atoms with Gasteiger partial charge in [-0.25, -0.2) is 4.79 Å². The third kappa shape index (κ3) is 8.55. The van der Waals surface area contributed by atoms with Crippen molar-refractivity contribution in [2.45, 2.75) is 122 Å². The van der Waals surface area contributed by atoms with Gasteiger partial charge in [-0.05, 0) is 50.9 Å². The fourth-order valence-corrected chi connectivity index (χ4v) is 5.27. The summed E-state index contributed by atoms with van der Waals surface area (Å²) in [4.78, 5) is 12.3. The topological polar surface area (TPSA) is 58.6 Å². The van der Waals surface area contributed by atoms with E-state index in [1.54, 1.807) is 12.2 Å². The number of hydrogen-bond acceptors (Lipinski definition) is 4. The number of nitrogens with one attached hydrogen (secondary N) is 1. The Kier molecular flexibility index (Phi) is 11.8. The van der Waals surface area contributed by atoms with Crippen LogP contribution in [0.5, 0.6) is 0 Å². The molecule has 6 unspecified atom stereocenters. The van der Waals surface area contributed by atoms with E-state index in [2.05, 4.69) is 32.2 Å². The molecule has 1 saturated carbocycles. The van der Waals surface area contributed by atoms with Crippen molar-refractivity contribution >= 4 is 5.97 Å². The molecule has 0 radical (unpaired) electrons. The molecule has 2 fully saturated rings. The Morgan fingerprint density at radius 1 is 1.17 bits per heavy atom. The van der Waals surface area contributed by atoms with Crippen LogP contribution in [0.1, 0.15) is 97.8 Å². The van der Waals surface area contributed by atoms with Crippen LogP contribution in [0, 0.1) is 11.8 Å². The standard InChI is InChI=1S/C26H45NO3/c1-4-6-7-8-9-18-26(29)30-25-19-23-21(14-10-11-16-22(28)13-5-2)15-12-17-24(23)27-20(25)3/h7-9,18,20-25,27-28H,4-6,10-17,19H2,1-3H3/b8-7+,18-9+. The van der Waals surface area contributed by atoms with Crippen molar-refractivity contribution in [1.29, 1.82) is 0 Å². The Hall–Kier alpha value is -1.13. The Balaban J connectivity index is 1.82. The number of allylic oxidation sites excluding steroid dienone is 3. The summed E-state index contributed by atoms with van der Waals surface area (Å²) in [6, 6.07) is 0.772. The van der Waals surface area contributed by atoms with Gasteiger partial charge in [0.1, 0.15) is 6.10 Å². The van der Waals surface area contributed by atoms with Gasteiger partial charge < -0.3 is 15.2 Å². The molecule has 0 aromatic carbocycles. The largest absolute Gasteiger partial charge is 0.458 e. The second kappa shape index (κ2) is 14.0. The molecule has 4 heteroatoms. The summed E-state index contributed by atoms with van der Waals surface area (Å²) < 4.78 is 5.84. The van der Waals surface area contributed by atoms with E-state index in [4.69, 9.17) is 4.74 Å². The monoisotopic (exact) mass is 419 g/mol. The third-order valence-corrected chi connectivity index (χ3v) is 6.94. The molecule has 172 valence electrons. The van der Waals surface area contributed by atoms with E-state index in [9.17, 15) is 9.90 Å². The SMILES string of the molecule is CCC/C=C/C=C/C(=O)OC1CC2C(CCCCC(O)CCC)CCCC2NC1C. The highest BCUT2D eigenvalue weighted by Gasteiger charge is 2.41. The normalized spacial score (nSPS) is 30.5. The first-order valence-corrected chi connectivity index (χ1v) is 12.5. The lowest BCUT2D eigenvalue weighted by Crippen LogP contribution is -2.57. The van der Waals surface area contributed by atoms with Crippen LogP contribution in [-0.2, 0) is 9.53 Å². The highest BCUT2D eigenvalue weighted by Crippen LogP contribution is 2.40. The van der Waals surface area contributed by atoms with Gasteiger partial charge in [0.15, 0.2) is 0 Å². The van der Waals surface area contributed by atoms with Crippen molar-refractivity contribution in [1.82, 2.24) is 5.32 Å². The molecule has 0 spiro atoms. The number of carbonyl (C=O) groups is 1. The van der Waals surface area contributed by atoms with Crippen molar-refractivity contribution in [2.24, 2.45) is 11.8 Å². The maximum atomic E-state index is 12.3. The average Bonchev–Trinajstić information content (AvgIpc) is 2.72. The number of aliphatic hydroxyl groups is 1. The molecule has 0 amide bonds. The lowest BCUT2D eigenvalue weighted by Gasteiger charge is -2.47. The molecular formula is C26H45NO3. The van der Waals surface area contributed by atoms with Crippen molar-refractivity contribution in [3.05, 3.63) is 24.3 Å². The molecule has 2 aliphatic rings. The summed E-state index contributed by atoms with van der Waals surface area (Å²) in [5, 5.41) is 13.7. The molecule has 0 aromatic rings. The van der Waals surface area contributed by atoms with Crippen LogP contribution in [0.4, 0.5) is 0 Å². The molecular weight excluding hydrogens is 374 g/mol. The minimum absolute atomic E-state index is 0.0463. The summed E-state index contributed by atoms with van der Waals surface area (Å²) in [5.41, 5.74) is 0. The van der Waals surface area contributed by atoms with Gasteiger partial charge in [0.25, 0.3) is 0 Å². The molecule has 1 aliphatic heterocycles. The minimum Gasteiger partial charge on any atom is -0.458 e. The van der Waals surface area contributed by atoms with Gasteiger partial charge in [0.2, 0.25) is 0 Å². The highest BCUT2D eigenvalue weighted by atomic mass is 16.5. The van der Waals surface area contributed by atoms with Crippen LogP contribution in [-0.4, -0.2) is 35.4 Å². The zero-order chi connectivity index (χ0) is 21.8. The Morgan fingerprint density at radius 3 is 2.77 bits per heavy atom. The smallest absolute Gasteiger partial charge is 0.331 e. The summed E-state index contributed by atoms with van der Waals surface area (Å²) in [6.07, 6.45) is 20.6. The molecule has 2 N–H and O–H groups in total. The van der Waals surface area contributed by atoms with Crippen molar-refractivity contribution in [3.8, 4) is 0 Å². The van der Waals surface area contributed by atoms with Crippen LogP contribution in [0.15, 0.2) is 24.3 Å². The van der Waals surface area contributed by atoms with Gasteiger partial charge in [0.05, 0.1) is 6.10 Å². The molecule has 1 heterocycles. The van der Waals surface area contributed by atoms with Gasteiger partial charge in [0, 0.05) is 18.2 Å². The lowest BCUT2D eigenvalue weighted by molar-refractivity contribution is -0.148. The molecule has 30 heavy (non-hydrogen) atoms. The van der Waals surface area contributed by atoms with E-state index >= 15 is 0 Å². The lowest BCUT2D eigenvalue weighted by atomic mass is 9.68. The number of piperidine rings is 1. The Bertz CT molecular complexity index is 544.